The van der Waals surface area contributed by atoms with Crippen molar-refractivity contribution in [2.45, 2.75) is 25.2 Å². The van der Waals surface area contributed by atoms with Gasteiger partial charge in [-0.2, -0.15) is 0 Å². The van der Waals surface area contributed by atoms with Crippen molar-refractivity contribution in [2.75, 3.05) is 38.2 Å². The monoisotopic (exact) mass is 476 g/mol. The summed E-state index contributed by atoms with van der Waals surface area (Å²) in [5.74, 6) is 0.494. The van der Waals surface area contributed by atoms with Gasteiger partial charge < -0.3 is 14.8 Å². The van der Waals surface area contributed by atoms with Crippen LogP contribution in [0.5, 0.6) is 5.75 Å². The van der Waals surface area contributed by atoms with Crippen molar-refractivity contribution >= 4 is 43.0 Å². The molecule has 2 aromatic carbocycles. The number of nitrogens with one attached hydrogen (secondary N) is 1. The van der Waals surface area contributed by atoms with E-state index in [0.717, 1.165) is 22.1 Å². The highest BCUT2D eigenvalue weighted by atomic mass is 32.2. The van der Waals surface area contributed by atoms with E-state index < -0.39 is 10.0 Å². The van der Waals surface area contributed by atoms with Gasteiger partial charge in [-0.3, -0.25) is 9.10 Å². The van der Waals surface area contributed by atoms with Crippen molar-refractivity contribution in [1.29, 1.82) is 0 Å². The average molecular weight is 477 g/mol. The molecule has 0 aliphatic carbocycles. The first-order valence-corrected chi connectivity index (χ1v) is 12.6. The van der Waals surface area contributed by atoms with E-state index in [4.69, 9.17) is 9.47 Å². The molecule has 9 heteroatoms. The first kappa shape index (κ1) is 24.0. The van der Waals surface area contributed by atoms with Gasteiger partial charge in [-0.25, -0.2) is 8.42 Å². The lowest BCUT2D eigenvalue weighted by Crippen LogP contribution is -2.26. The van der Waals surface area contributed by atoms with Crippen LogP contribution in [-0.2, 0) is 14.8 Å². The van der Waals surface area contributed by atoms with Gasteiger partial charge in [0.25, 0.3) is 15.9 Å². The summed E-state index contributed by atoms with van der Waals surface area (Å²) in [7, 11) is -0.675. The minimum atomic E-state index is -3.75. The number of ether oxygens (including phenoxy) is 2. The predicted molar refractivity (Wildman–Crippen MR) is 129 cm³/mol. The Morgan fingerprint density at radius 1 is 1.16 bits per heavy atom. The number of thiophene rings is 1. The Hall–Kier alpha value is -2.62. The molecule has 0 spiro atoms. The van der Waals surface area contributed by atoms with Crippen LogP contribution in [0.25, 0.3) is 10.1 Å². The zero-order chi connectivity index (χ0) is 23.3. The van der Waals surface area contributed by atoms with Gasteiger partial charge in [0.2, 0.25) is 0 Å². The summed E-state index contributed by atoms with van der Waals surface area (Å²) in [6.07, 6.45) is 0.752. The molecule has 0 atom stereocenters. The van der Waals surface area contributed by atoms with Crippen molar-refractivity contribution < 1.29 is 22.7 Å². The summed E-state index contributed by atoms with van der Waals surface area (Å²) in [5.41, 5.74) is 1.26. The molecule has 3 aromatic rings. The van der Waals surface area contributed by atoms with E-state index in [-0.39, 0.29) is 10.8 Å². The third-order valence-electron chi connectivity index (χ3n) is 5.07. The number of sulfonamides is 1. The van der Waals surface area contributed by atoms with E-state index in [9.17, 15) is 13.2 Å². The van der Waals surface area contributed by atoms with E-state index in [0.29, 0.717) is 36.1 Å². The number of methoxy groups -OCH3 is 1. The van der Waals surface area contributed by atoms with Gasteiger partial charge in [0, 0.05) is 31.5 Å². The Bertz CT molecular complexity index is 1200. The van der Waals surface area contributed by atoms with Gasteiger partial charge in [-0.15, -0.1) is 11.3 Å². The molecule has 1 N–H and O–H groups in total. The second-order valence-corrected chi connectivity index (χ2v) is 10.3. The van der Waals surface area contributed by atoms with Crippen LogP contribution in [0.3, 0.4) is 0 Å². The largest absolute Gasteiger partial charge is 0.496 e. The highest BCUT2D eigenvalue weighted by molar-refractivity contribution is 7.92. The number of aryl methyl sites for hydroxylation is 1. The molecule has 0 saturated carbocycles. The standard InChI is InChI=1S/C23H28N2O5S2/c1-5-30-12-6-11-24-23(26)22-15-17-14-18(7-10-21(17)31-22)25(3)32(27,28)19-8-9-20(29-4)16(2)13-19/h7-10,13-15H,5-6,11-12H2,1-4H3,(H,24,26). The fraction of sp³-hybridized carbons (Fsp3) is 0.348. The minimum absolute atomic E-state index is 0.140. The summed E-state index contributed by atoms with van der Waals surface area (Å²) in [6, 6.07) is 11.9. The van der Waals surface area contributed by atoms with Crippen LogP contribution in [0.2, 0.25) is 0 Å². The molecule has 0 radical (unpaired) electrons. The average Bonchev–Trinajstić information content (AvgIpc) is 3.21. The molecule has 1 aromatic heterocycles. The van der Waals surface area contributed by atoms with Crippen molar-refractivity contribution in [1.82, 2.24) is 5.32 Å². The molecule has 0 aliphatic heterocycles. The van der Waals surface area contributed by atoms with Gasteiger partial charge in [0.15, 0.2) is 0 Å². The van der Waals surface area contributed by atoms with E-state index in [1.54, 1.807) is 44.4 Å². The lowest BCUT2D eigenvalue weighted by Gasteiger charge is -2.20. The Morgan fingerprint density at radius 2 is 1.94 bits per heavy atom. The number of anilines is 1. The second kappa shape index (κ2) is 10.3. The summed E-state index contributed by atoms with van der Waals surface area (Å²) >= 11 is 1.38. The molecule has 32 heavy (non-hydrogen) atoms. The van der Waals surface area contributed by atoms with Crippen molar-refractivity contribution in [3.8, 4) is 5.75 Å². The molecular weight excluding hydrogens is 448 g/mol. The maximum Gasteiger partial charge on any atom is 0.264 e. The summed E-state index contributed by atoms with van der Waals surface area (Å²) in [6.45, 7) is 5.56. The minimum Gasteiger partial charge on any atom is -0.496 e. The first-order valence-electron chi connectivity index (χ1n) is 10.3. The number of amides is 1. The Balaban J connectivity index is 1.79. The number of carbonyl (C=O) groups excluding carboxylic acids is 1. The maximum atomic E-state index is 13.1. The molecule has 172 valence electrons. The van der Waals surface area contributed by atoms with Crippen LogP contribution in [0.1, 0.15) is 28.6 Å². The molecule has 0 unspecified atom stereocenters. The fourth-order valence-electron chi connectivity index (χ4n) is 3.25. The Morgan fingerprint density at radius 3 is 2.62 bits per heavy atom. The number of benzene rings is 2. The van der Waals surface area contributed by atoms with Crippen LogP contribution in [-0.4, -0.2) is 48.2 Å². The van der Waals surface area contributed by atoms with Gasteiger partial charge >= 0.3 is 0 Å². The lowest BCUT2D eigenvalue weighted by molar-refractivity contribution is 0.0948. The Kier molecular flexibility index (Phi) is 7.76. The number of hydrogen-bond donors (Lipinski definition) is 1. The van der Waals surface area contributed by atoms with E-state index in [2.05, 4.69) is 5.32 Å². The number of rotatable bonds is 10. The molecule has 1 heterocycles. The smallest absolute Gasteiger partial charge is 0.264 e. The molecular formula is C23H28N2O5S2. The zero-order valence-corrected chi connectivity index (χ0v) is 20.3. The van der Waals surface area contributed by atoms with Gasteiger partial charge in [0.05, 0.1) is 22.6 Å². The quantitative estimate of drug-likeness (QED) is 0.443. The molecule has 3 rings (SSSR count). The van der Waals surface area contributed by atoms with Crippen molar-refractivity contribution in [3.63, 3.8) is 0 Å². The first-order chi connectivity index (χ1) is 15.3. The summed E-state index contributed by atoms with van der Waals surface area (Å²) in [4.78, 5) is 13.2. The molecule has 1 amide bonds. The van der Waals surface area contributed by atoms with E-state index >= 15 is 0 Å². The van der Waals surface area contributed by atoms with Gasteiger partial charge in [0.1, 0.15) is 5.75 Å². The number of fused-ring (bicyclic) bond motifs is 1. The summed E-state index contributed by atoms with van der Waals surface area (Å²) in [5, 5.41) is 3.71. The molecule has 0 aliphatic rings. The lowest BCUT2D eigenvalue weighted by atomic mass is 10.2. The van der Waals surface area contributed by atoms with Gasteiger partial charge in [-0.05, 0) is 73.7 Å². The molecule has 0 bridgehead atoms. The summed E-state index contributed by atoms with van der Waals surface area (Å²) < 4.78 is 38.9. The van der Waals surface area contributed by atoms with E-state index in [1.807, 2.05) is 13.0 Å². The zero-order valence-electron chi connectivity index (χ0n) is 18.7. The van der Waals surface area contributed by atoms with Crippen molar-refractivity contribution in [2.24, 2.45) is 0 Å². The van der Waals surface area contributed by atoms with Crippen LogP contribution in [0, 0.1) is 6.92 Å². The number of nitrogens with zero attached hydrogens (tertiary/aromatic N) is 1. The van der Waals surface area contributed by atoms with E-state index in [1.165, 1.54) is 28.8 Å². The van der Waals surface area contributed by atoms with Gasteiger partial charge in [-0.1, -0.05) is 0 Å². The van der Waals surface area contributed by atoms with Crippen LogP contribution in [0.15, 0.2) is 47.4 Å². The number of hydrogen-bond acceptors (Lipinski definition) is 6. The third-order valence-corrected chi connectivity index (χ3v) is 7.96. The third kappa shape index (κ3) is 5.23. The van der Waals surface area contributed by atoms with Crippen LogP contribution >= 0.6 is 11.3 Å². The topological polar surface area (TPSA) is 84.9 Å². The second-order valence-electron chi connectivity index (χ2n) is 7.24. The molecule has 0 fully saturated rings. The predicted octanol–water partition coefficient (Wildman–Crippen LogP) is 4.20. The normalized spacial score (nSPS) is 11.5. The SMILES string of the molecule is CCOCCCNC(=O)c1cc2cc(N(C)S(=O)(=O)c3ccc(OC)c(C)c3)ccc2s1. The Labute approximate surface area is 193 Å². The van der Waals surface area contributed by atoms with Crippen molar-refractivity contribution in [3.05, 3.63) is 52.9 Å². The van der Waals surface area contributed by atoms with Crippen LogP contribution in [0.4, 0.5) is 5.69 Å². The highest BCUT2D eigenvalue weighted by Gasteiger charge is 2.23. The van der Waals surface area contributed by atoms with Crippen LogP contribution < -0.4 is 14.4 Å². The number of carbonyl (C=O) groups is 1. The molecule has 7 nitrogen and oxygen atoms in total. The fourth-order valence-corrected chi connectivity index (χ4v) is 5.49. The highest BCUT2D eigenvalue weighted by Crippen LogP contribution is 2.32. The maximum absolute atomic E-state index is 13.1. The molecule has 0 saturated heterocycles.